The largest absolute Gasteiger partial charge is 0.383 e. The second-order valence-electron chi connectivity index (χ2n) is 7.24. The minimum Gasteiger partial charge on any atom is -0.383 e. The van der Waals surface area contributed by atoms with Crippen LogP contribution in [0.3, 0.4) is 0 Å². The average Bonchev–Trinajstić information content (AvgIpc) is 2.60. The Morgan fingerprint density at radius 2 is 2.00 bits per heavy atom. The first-order valence-electron chi connectivity index (χ1n) is 9.44. The number of piperidine rings is 1. The molecule has 2 heterocycles. The third kappa shape index (κ3) is 5.89. The number of rotatable bonds is 7. The van der Waals surface area contributed by atoms with Crippen LogP contribution in [0, 0.1) is 19.8 Å². The van der Waals surface area contributed by atoms with Gasteiger partial charge in [0.05, 0.1) is 6.61 Å². The summed E-state index contributed by atoms with van der Waals surface area (Å²) in [5, 5.41) is 2.95. The molecule has 0 spiro atoms. The highest BCUT2D eigenvalue weighted by atomic mass is 16.5. The number of likely N-dealkylation sites (tertiary alicyclic amines) is 1. The minimum absolute atomic E-state index is 0.00786. The molecular weight excluding hydrogens is 348 g/mol. The third-order valence-corrected chi connectivity index (χ3v) is 4.92. The first kappa shape index (κ1) is 21.1. The summed E-state index contributed by atoms with van der Waals surface area (Å²) in [5.74, 6) is -0.0347. The molecule has 1 aliphatic rings. The van der Waals surface area contributed by atoms with Crippen LogP contribution < -0.4 is 11.0 Å². The predicted octanol–water partition coefficient (Wildman–Crippen LogP) is 0.640. The second kappa shape index (κ2) is 9.64. The van der Waals surface area contributed by atoms with E-state index < -0.39 is 0 Å². The summed E-state index contributed by atoms with van der Waals surface area (Å²) in [7, 11) is 1.61. The Morgan fingerprint density at radius 1 is 1.33 bits per heavy atom. The van der Waals surface area contributed by atoms with Crippen LogP contribution in [-0.2, 0) is 20.9 Å². The van der Waals surface area contributed by atoms with Crippen molar-refractivity contribution >= 4 is 11.8 Å². The molecule has 8 nitrogen and oxygen atoms in total. The van der Waals surface area contributed by atoms with Gasteiger partial charge in [-0.25, -0.2) is 4.79 Å². The summed E-state index contributed by atoms with van der Waals surface area (Å²) in [6, 6.07) is 1.81. The SMILES string of the molecule is COCC(C)NC(=O)C1CCN(C(=O)CCn2c(C)cc(C)nc2=O)CC1. The summed E-state index contributed by atoms with van der Waals surface area (Å²) in [4.78, 5) is 42.4. The van der Waals surface area contributed by atoms with E-state index in [0.29, 0.717) is 44.8 Å². The Morgan fingerprint density at radius 3 is 2.59 bits per heavy atom. The van der Waals surface area contributed by atoms with Gasteiger partial charge in [0.1, 0.15) is 0 Å². The summed E-state index contributed by atoms with van der Waals surface area (Å²) in [5.41, 5.74) is 1.17. The number of nitrogens with one attached hydrogen (secondary N) is 1. The topological polar surface area (TPSA) is 93.5 Å². The number of nitrogens with zero attached hydrogens (tertiary/aromatic N) is 3. The normalized spacial score (nSPS) is 16.2. The lowest BCUT2D eigenvalue weighted by molar-refractivity contribution is -0.136. The molecule has 27 heavy (non-hydrogen) atoms. The van der Waals surface area contributed by atoms with Gasteiger partial charge in [-0.05, 0) is 39.7 Å². The van der Waals surface area contributed by atoms with Crippen molar-refractivity contribution in [2.24, 2.45) is 5.92 Å². The van der Waals surface area contributed by atoms with Crippen molar-refractivity contribution in [3.63, 3.8) is 0 Å². The summed E-state index contributed by atoms with van der Waals surface area (Å²) in [6.07, 6.45) is 1.57. The van der Waals surface area contributed by atoms with E-state index in [9.17, 15) is 14.4 Å². The predicted molar refractivity (Wildman–Crippen MR) is 101 cm³/mol. The lowest BCUT2D eigenvalue weighted by Crippen LogP contribution is -2.45. The second-order valence-corrected chi connectivity index (χ2v) is 7.24. The van der Waals surface area contributed by atoms with Crippen molar-refractivity contribution < 1.29 is 14.3 Å². The van der Waals surface area contributed by atoms with Gasteiger partial charge in [0.2, 0.25) is 11.8 Å². The number of aryl methyl sites for hydroxylation is 2. The van der Waals surface area contributed by atoms with Crippen LogP contribution in [0.1, 0.15) is 37.6 Å². The Balaban J connectivity index is 1.81. The van der Waals surface area contributed by atoms with Gasteiger partial charge in [0, 0.05) is 56.5 Å². The third-order valence-electron chi connectivity index (χ3n) is 4.92. The average molecular weight is 378 g/mol. The Hall–Kier alpha value is -2.22. The van der Waals surface area contributed by atoms with Crippen molar-refractivity contribution in [1.29, 1.82) is 0 Å². The molecule has 1 unspecified atom stereocenters. The van der Waals surface area contributed by atoms with Crippen LogP contribution in [0.25, 0.3) is 0 Å². The molecule has 8 heteroatoms. The monoisotopic (exact) mass is 378 g/mol. The lowest BCUT2D eigenvalue weighted by Gasteiger charge is -2.32. The molecule has 0 aliphatic carbocycles. The van der Waals surface area contributed by atoms with Crippen LogP contribution in [-0.4, -0.2) is 59.1 Å². The Bertz CT molecular complexity index is 723. The molecular formula is C19H30N4O4. The van der Waals surface area contributed by atoms with Crippen LogP contribution in [0.5, 0.6) is 0 Å². The van der Waals surface area contributed by atoms with Gasteiger partial charge in [-0.1, -0.05) is 0 Å². The van der Waals surface area contributed by atoms with E-state index in [0.717, 1.165) is 5.69 Å². The summed E-state index contributed by atoms with van der Waals surface area (Å²) in [6.45, 7) is 7.46. The zero-order valence-electron chi connectivity index (χ0n) is 16.7. The zero-order valence-corrected chi connectivity index (χ0v) is 16.7. The Labute approximate surface area is 159 Å². The number of ether oxygens (including phenoxy) is 1. The molecule has 1 fully saturated rings. The molecule has 1 aromatic heterocycles. The van der Waals surface area contributed by atoms with E-state index in [-0.39, 0.29) is 35.9 Å². The number of carbonyl (C=O) groups excluding carboxylic acids is 2. The molecule has 2 amide bonds. The molecule has 0 aromatic carbocycles. The highest BCUT2D eigenvalue weighted by Gasteiger charge is 2.27. The van der Waals surface area contributed by atoms with Gasteiger partial charge in [-0.3, -0.25) is 14.2 Å². The molecule has 1 aliphatic heterocycles. The minimum atomic E-state index is -0.319. The molecule has 150 valence electrons. The van der Waals surface area contributed by atoms with Gasteiger partial charge < -0.3 is 15.0 Å². The van der Waals surface area contributed by atoms with E-state index >= 15 is 0 Å². The van der Waals surface area contributed by atoms with Gasteiger partial charge in [0.15, 0.2) is 0 Å². The van der Waals surface area contributed by atoms with Crippen molar-refractivity contribution in [3.8, 4) is 0 Å². The highest BCUT2D eigenvalue weighted by molar-refractivity contribution is 5.80. The van der Waals surface area contributed by atoms with Gasteiger partial charge in [0.25, 0.3) is 0 Å². The fraction of sp³-hybridized carbons (Fsp3) is 0.684. The highest BCUT2D eigenvalue weighted by Crippen LogP contribution is 2.18. The lowest BCUT2D eigenvalue weighted by atomic mass is 9.95. The number of methoxy groups -OCH3 is 1. The molecule has 2 rings (SSSR count). The first-order chi connectivity index (χ1) is 12.8. The van der Waals surface area contributed by atoms with Gasteiger partial charge >= 0.3 is 5.69 Å². The van der Waals surface area contributed by atoms with Crippen molar-refractivity contribution in [2.75, 3.05) is 26.8 Å². The molecule has 0 radical (unpaired) electrons. The smallest absolute Gasteiger partial charge is 0.347 e. The first-order valence-corrected chi connectivity index (χ1v) is 9.44. The Kier molecular flexibility index (Phi) is 7.53. The van der Waals surface area contributed by atoms with Crippen molar-refractivity contribution in [3.05, 3.63) is 27.9 Å². The van der Waals surface area contributed by atoms with Crippen molar-refractivity contribution in [2.45, 2.75) is 52.6 Å². The van der Waals surface area contributed by atoms with Gasteiger partial charge in [-0.15, -0.1) is 0 Å². The quantitative estimate of drug-likeness (QED) is 0.752. The standard InChI is InChI=1S/C19H30N4O4/c1-13-11-15(3)23(19(26)21-13)10-7-17(24)22-8-5-16(6-9-22)18(25)20-14(2)12-27-4/h11,14,16H,5-10,12H2,1-4H3,(H,20,25). The van der Waals surface area contributed by atoms with Crippen LogP contribution in [0.2, 0.25) is 0 Å². The van der Waals surface area contributed by atoms with E-state index in [4.69, 9.17) is 4.74 Å². The van der Waals surface area contributed by atoms with Gasteiger partial charge in [-0.2, -0.15) is 4.98 Å². The van der Waals surface area contributed by atoms with E-state index in [1.165, 1.54) is 4.57 Å². The number of amides is 2. The van der Waals surface area contributed by atoms with Crippen LogP contribution in [0.15, 0.2) is 10.9 Å². The van der Waals surface area contributed by atoms with Crippen LogP contribution >= 0.6 is 0 Å². The van der Waals surface area contributed by atoms with E-state index in [1.807, 2.05) is 19.9 Å². The molecule has 1 N–H and O–H groups in total. The molecule has 0 bridgehead atoms. The fourth-order valence-electron chi connectivity index (χ4n) is 3.46. The van der Waals surface area contributed by atoms with Crippen LogP contribution in [0.4, 0.5) is 0 Å². The maximum absolute atomic E-state index is 12.5. The maximum Gasteiger partial charge on any atom is 0.347 e. The van der Waals surface area contributed by atoms with E-state index in [2.05, 4.69) is 10.3 Å². The van der Waals surface area contributed by atoms with E-state index in [1.54, 1.807) is 18.9 Å². The summed E-state index contributed by atoms with van der Waals surface area (Å²) >= 11 is 0. The molecule has 0 saturated carbocycles. The maximum atomic E-state index is 12.5. The number of hydrogen-bond donors (Lipinski definition) is 1. The number of hydrogen-bond acceptors (Lipinski definition) is 5. The zero-order chi connectivity index (χ0) is 20.0. The fourth-order valence-corrected chi connectivity index (χ4v) is 3.46. The molecule has 1 saturated heterocycles. The summed E-state index contributed by atoms with van der Waals surface area (Å²) < 4.78 is 6.56. The molecule has 1 aromatic rings. The number of carbonyl (C=O) groups is 2. The van der Waals surface area contributed by atoms with Crippen molar-refractivity contribution in [1.82, 2.24) is 19.8 Å². The molecule has 1 atom stereocenters. The number of aromatic nitrogens is 2.